The molecule has 1 aromatic heterocycles. The Morgan fingerprint density at radius 3 is 2.87 bits per heavy atom. The van der Waals surface area contributed by atoms with Crippen LogP contribution in [0.2, 0.25) is 0 Å². The van der Waals surface area contributed by atoms with Crippen molar-refractivity contribution in [2.24, 2.45) is 0 Å². The molecule has 1 N–H and O–H groups in total. The zero-order valence-electron chi connectivity index (χ0n) is 12.2. The van der Waals surface area contributed by atoms with Gasteiger partial charge in [0.2, 0.25) is 5.91 Å². The summed E-state index contributed by atoms with van der Waals surface area (Å²) >= 11 is 0. The van der Waals surface area contributed by atoms with Crippen molar-refractivity contribution in [1.29, 1.82) is 0 Å². The van der Waals surface area contributed by atoms with E-state index in [2.05, 4.69) is 15.0 Å². The van der Waals surface area contributed by atoms with E-state index in [4.69, 9.17) is 4.42 Å². The Morgan fingerprint density at radius 1 is 1.39 bits per heavy atom. The SMILES string of the molecule is O=C(CCOCC(F)(F)F)Nc1ccc2oc(C3CC3)nc2c1. The van der Waals surface area contributed by atoms with Gasteiger partial charge in [0.25, 0.3) is 0 Å². The zero-order chi connectivity index (χ0) is 16.4. The van der Waals surface area contributed by atoms with Crippen molar-refractivity contribution in [3.8, 4) is 0 Å². The first kappa shape index (κ1) is 15.8. The van der Waals surface area contributed by atoms with Gasteiger partial charge in [-0.1, -0.05) is 0 Å². The predicted octanol–water partition coefficient (Wildman–Crippen LogP) is 3.61. The number of ether oxygens (including phenoxy) is 1. The third kappa shape index (κ3) is 4.44. The monoisotopic (exact) mass is 328 g/mol. The standard InChI is InChI=1S/C15H15F3N2O3/c16-15(17,18)8-22-6-5-13(21)19-10-3-4-12-11(7-10)20-14(23-12)9-1-2-9/h3-4,7,9H,1-2,5-6,8H2,(H,19,21). The molecule has 5 nitrogen and oxygen atoms in total. The van der Waals surface area contributed by atoms with Crippen molar-refractivity contribution in [2.45, 2.75) is 31.4 Å². The van der Waals surface area contributed by atoms with Gasteiger partial charge in [-0.2, -0.15) is 13.2 Å². The van der Waals surface area contributed by atoms with E-state index in [1.54, 1.807) is 18.2 Å². The van der Waals surface area contributed by atoms with Crippen LogP contribution in [-0.4, -0.2) is 30.3 Å². The van der Waals surface area contributed by atoms with Gasteiger partial charge in [0.05, 0.1) is 13.0 Å². The number of alkyl halides is 3. The van der Waals surface area contributed by atoms with Crippen LogP contribution in [0.4, 0.5) is 18.9 Å². The molecule has 0 radical (unpaired) electrons. The first-order valence-corrected chi connectivity index (χ1v) is 7.25. The van der Waals surface area contributed by atoms with Crippen molar-refractivity contribution in [2.75, 3.05) is 18.5 Å². The molecule has 1 aromatic carbocycles. The Kier molecular flexibility index (Phi) is 4.25. The minimum Gasteiger partial charge on any atom is -0.440 e. The smallest absolute Gasteiger partial charge is 0.411 e. The van der Waals surface area contributed by atoms with Crippen LogP contribution in [0.15, 0.2) is 22.6 Å². The summed E-state index contributed by atoms with van der Waals surface area (Å²) in [5, 5.41) is 2.60. The van der Waals surface area contributed by atoms with Crippen molar-refractivity contribution >= 4 is 22.7 Å². The highest BCUT2D eigenvalue weighted by molar-refractivity contribution is 5.92. The lowest BCUT2D eigenvalue weighted by Crippen LogP contribution is -2.20. The second-order valence-electron chi connectivity index (χ2n) is 5.47. The molecule has 1 aliphatic rings. The molecular formula is C15H15F3N2O3. The molecule has 0 saturated heterocycles. The summed E-state index contributed by atoms with van der Waals surface area (Å²) in [7, 11) is 0. The van der Waals surface area contributed by atoms with E-state index in [0.717, 1.165) is 12.8 Å². The molecule has 0 aliphatic heterocycles. The van der Waals surface area contributed by atoms with Gasteiger partial charge in [-0.15, -0.1) is 0 Å². The van der Waals surface area contributed by atoms with Gasteiger partial charge in [-0.25, -0.2) is 4.98 Å². The molecule has 1 aliphatic carbocycles. The number of halogens is 3. The molecule has 0 unspecified atom stereocenters. The number of nitrogens with one attached hydrogen (secondary N) is 1. The molecule has 2 aromatic rings. The fourth-order valence-electron chi connectivity index (χ4n) is 2.10. The minimum absolute atomic E-state index is 0.153. The maximum Gasteiger partial charge on any atom is 0.411 e. The van der Waals surface area contributed by atoms with E-state index < -0.39 is 18.7 Å². The highest BCUT2D eigenvalue weighted by Crippen LogP contribution is 2.40. The zero-order valence-corrected chi connectivity index (χ0v) is 12.2. The van der Waals surface area contributed by atoms with E-state index in [1.807, 2.05) is 0 Å². The van der Waals surface area contributed by atoms with Crippen molar-refractivity contribution < 1.29 is 27.1 Å². The van der Waals surface area contributed by atoms with E-state index in [9.17, 15) is 18.0 Å². The quantitative estimate of drug-likeness (QED) is 0.823. The Balaban J connectivity index is 1.52. The summed E-state index contributed by atoms with van der Waals surface area (Å²) in [5.41, 5.74) is 1.82. The van der Waals surface area contributed by atoms with Crippen LogP contribution in [0.1, 0.15) is 31.1 Å². The maximum atomic E-state index is 11.9. The highest BCUT2D eigenvalue weighted by atomic mass is 19.4. The van der Waals surface area contributed by atoms with Gasteiger partial charge in [-0.05, 0) is 31.0 Å². The normalized spacial score (nSPS) is 15.1. The third-order valence-corrected chi connectivity index (χ3v) is 3.35. The number of aromatic nitrogens is 1. The lowest BCUT2D eigenvalue weighted by molar-refractivity contribution is -0.174. The number of carbonyl (C=O) groups is 1. The molecule has 0 atom stereocenters. The molecular weight excluding hydrogens is 313 g/mol. The molecule has 0 spiro atoms. The number of carbonyl (C=O) groups excluding carboxylic acids is 1. The Morgan fingerprint density at radius 2 is 2.17 bits per heavy atom. The first-order chi connectivity index (χ1) is 10.9. The Labute approximate surface area is 129 Å². The number of amides is 1. The van der Waals surface area contributed by atoms with Gasteiger partial charge in [0, 0.05) is 11.6 Å². The second-order valence-corrected chi connectivity index (χ2v) is 5.47. The molecule has 1 amide bonds. The van der Waals surface area contributed by atoms with Crippen LogP contribution in [0.5, 0.6) is 0 Å². The van der Waals surface area contributed by atoms with Gasteiger partial charge in [0.1, 0.15) is 12.1 Å². The van der Waals surface area contributed by atoms with E-state index >= 15 is 0 Å². The van der Waals surface area contributed by atoms with Crippen LogP contribution in [0, 0.1) is 0 Å². The van der Waals surface area contributed by atoms with Crippen molar-refractivity contribution in [3.63, 3.8) is 0 Å². The van der Waals surface area contributed by atoms with E-state index in [0.29, 0.717) is 28.6 Å². The molecule has 0 bridgehead atoms. The number of oxazole rings is 1. The van der Waals surface area contributed by atoms with Crippen LogP contribution in [0.25, 0.3) is 11.1 Å². The fraction of sp³-hybridized carbons (Fsp3) is 0.467. The largest absolute Gasteiger partial charge is 0.440 e. The van der Waals surface area contributed by atoms with Gasteiger partial charge >= 0.3 is 6.18 Å². The predicted molar refractivity (Wildman–Crippen MR) is 76.1 cm³/mol. The lowest BCUT2D eigenvalue weighted by atomic mass is 10.2. The van der Waals surface area contributed by atoms with Crippen LogP contribution < -0.4 is 5.32 Å². The molecule has 1 heterocycles. The fourth-order valence-corrected chi connectivity index (χ4v) is 2.10. The number of anilines is 1. The molecule has 124 valence electrons. The highest BCUT2D eigenvalue weighted by Gasteiger charge is 2.29. The molecule has 23 heavy (non-hydrogen) atoms. The summed E-state index contributed by atoms with van der Waals surface area (Å²) in [6.45, 7) is -1.64. The van der Waals surface area contributed by atoms with E-state index in [1.165, 1.54) is 0 Å². The van der Waals surface area contributed by atoms with Crippen LogP contribution >= 0.6 is 0 Å². The topological polar surface area (TPSA) is 64.4 Å². The minimum atomic E-state index is -4.38. The summed E-state index contributed by atoms with van der Waals surface area (Å²) in [6.07, 6.45) is -2.38. The molecule has 1 fully saturated rings. The van der Waals surface area contributed by atoms with Crippen molar-refractivity contribution in [1.82, 2.24) is 4.98 Å². The number of nitrogens with zero attached hydrogens (tertiary/aromatic N) is 1. The van der Waals surface area contributed by atoms with Crippen molar-refractivity contribution in [3.05, 3.63) is 24.1 Å². The average Bonchev–Trinajstić information content (AvgIpc) is 3.23. The average molecular weight is 328 g/mol. The Hall–Kier alpha value is -2.09. The summed E-state index contributed by atoms with van der Waals surface area (Å²) in [5.74, 6) is 0.688. The first-order valence-electron chi connectivity index (χ1n) is 7.25. The summed E-state index contributed by atoms with van der Waals surface area (Å²) < 4.78 is 45.7. The summed E-state index contributed by atoms with van der Waals surface area (Å²) in [4.78, 5) is 16.1. The second kappa shape index (κ2) is 6.19. The Bertz CT molecular complexity index is 708. The number of hydrogen-bond donors (Lipinski definition) is 1. The molecule has 3 rings (SSSR count). The number of hydrogen-bond acceptors (Lipinski definition) is 4. The van der Waals surface area contributed by atoms with Crippen LogP contribution in [-0.2, 0) is 9.53 Å². The van der Waals surface area contributed by atoms with Gasteiger partial charge in [0.15, 0.2) is 11.5 Å². The number of benzene rings is 1. The summed E-state index contributed by atoms with van der Waals surface area (Å²) in [6, 6.07) is 5.06. The lowest BCUT2D eigenvalue weighted by Gasteiger charge is -2.08. The van der Waals surface area contributed by atoms with Gasteiger partial charge < -0.3 is 14.5 Å². The van der Waals surface area contributed by atoms with E-state index in [-0.39, 0.29) is 13.0 Å². The van der Waals surface area contributed by atoms with Crippen LogP contribution in [0.3, 0.4) is 0 Å². The third-order valence-electron chi connectivity index (χ3n) is 3.35. The van der Waals surface area contributed by atoms with Gasteiger partial charge in [-0.3, -0.25) is 4.79 Å². The number of fused-ring (bicyclic) bond motifs is 1. The molecule has 1 saturated carbocycles. The molecule has 8 heteroatoms. The number of rotatable bonds is 6. The maximum absolute atomic E-state index is 11.9.